The Balaban J connectivity index is 2.83. The molecule has 4 heteroatoms. The van der Waals surface area contributed by atoms with Crippen LogP contribution >= 0.6 is 15.9 Å². The van der Waals surface area contributed by atoms with Crippen molar-refractivity contribution >= 4 is 32.9 Å². The lowest BCUT2D eigenvalue weighted by atomic mass is 10.1. The zero-order chi connectivity index (χ0) is 11.0. The fourth-order valence-corrected chi connectivity index (χ4v) is 1.97. The number of methoxy groups -OCH3 is 1. The molecule has 1 aromatic carbocycles. The second-order valence-corrected chi connectivity index (χ2v) is 4.01. The van der Waals surface area contributed by atoms with Crippen molar-refractivity contribution < 1.29 is 13.9 Å². The highest BCUT2D eigenvalue weighted by Crippen LogP contribution is 2.31. The quantitative estimate of drug-likeness (QED) is 0.746. The first-order valence-corrected chi connectivity index (χ1v) is 5.19. The Morgan fingerprint density at radius 3 is 2.93 bits per heavy atom. The minimum Gasteiger partial charge on any atom is -0.465 e. The third-order valence-corrected chi connectivity index (χ3v) is 3.27. The number of furan rings is 1. The highest BCUT2D eigenvalue weighted by molar-refractivity contribution is 9.10. The van der Waals surface area contributed by atoms with Gasteiger partial charge in [-0.3, -0.25) is 0 Å². The van der Waals surface area contributed by atoms with Crippen LogP contribution in [-0.4, -0.2) is 13.1 Å². The largest absolute Gasteiger partial charge is 0.465 e. The van der Waals surface area contributed by atoms with Crippen LogP contribution in [0.2, 0.25) is 0 Å². The molecule has 1 heterocycles. The lowest BCUT2D eigenvalue weighted by Crippen LogP contribution is -2.03. The number of esters is 1. The predicted octanol–water partition coefficient (Wildman–Crippen LogP) is 3.29. The van der Waals surface area contributed by atoms with E-state index in [0.717, 1.165) is 15.4 Å². The molecule has 1 aromatic heterocycles. The molecule has 0 aliphatic rings. The van der Waals surface area contributed by atoms with Crippen LogP contribution in [-0.2, 0) is 4.74 Å². The van der Waals surface area contributed by atoms with Crippen molar-refractivity contribution in [3.05, 3.63) is 34.0 Å². The molecular formula is C11H9BrO3. The highest BCUT2D eigenvalue weighted by Gasteiger charge is 2.19. The molecule has 0 amide bonds. The first kappa shape index (κ1) is 10.2. The standard InChI is InChI=1S/C11H9BrO3/c1-6-5-7-3-4-15-10(7)8(9(6)12)11(13)14-2/h3-5H,1-2H3. The number of carbonyl (C=O) groups is 1. The van der Waals surface area contributed by atoms with Gasteiger partial charge < -0.3 is 9.15 Å². The molecule has 0 spiro atoms. The predicted molar refractivity (Wildman–Crippen MR) is 60.0 cm³/mol. The Morgan fingerprint density at radius 1 is 1.53 bits per heavy atom. The van der Waals surface area contributed by atoms with Crippen molar-refractivity contribution in [3.63, 3.8) is 0 Å². The smallest absolute Gasteiger partial charge is 0.342 e. The number of rotatable bonds is 1. The average Bonchev–Trinajstić information content (AvgIpc) is 2.66. The van der Waals surface area contributed by atoms with Crippen LogP contribution in [0.15, 0.2) is 27.3 Å². The first-order valence-electron chi connectivity index (χ1n) is 4.39. The van der Waals surface area contributed by atoms with Crippen molar-refractivity contribution in [3.8, 4) is 0 Å². The second kappa shape index (κ2) is 3.70. The van der Waals surface area contributed by atoms with Gasteiger partial charge in [0.05, 0.1) is 13.4 Å². The number of ether oxygens (including phenoxy) is 1. The second-order valence-electron chi connectivity index (χ2n) is 3.21. The van der Waals surface area contributed by atoms with E-state index < -0.39 is 5.97 Å². The van der Waals surface area contributed by atoms with Gasteiger partial charge in [0.1, 0.15) is 11.1 Å². The van der Waals surface area contributed by atoms with Crippen molar-refractivity contribution in [1.82, 2.24) is 0 Å². The number of fused-ring (bicyclic) bond motifs is 1. The van der Waals surface area contributed by atoms with Gasteiger partial charge in [-0.2, -0.15) is 0 Å². The fourth-order valence-electron chi connectivity index (χ4n) is 1.51. The van der Waals surface area contributed by atoms with Gasteiger partial charge >= 0.3 is 5.97 Å². The molecule has 0 saturated heterocycles. The minimum absolute atomic E-state index is 0.398. The monoisotopic (exact) mass is 268 g/mol. The van der Waals surface area contributed by atoms with Crippen LogP contribution in [0.3, 0.4) is 0 Å². The van der Waals surface area contributed by atoms with Crippen molar-refractivity contribution in [2.24, 2.45) is 0 Å². The van der Waals surface area contributed by atoms with Crippen LogP contribution in [0.1, 0.15) is 15.9 Å². The maximum absolute atomic E-state index is 11.6. The van der Waals surface area contributed by atoms with Crippen LogP contribution in [0, 0.1) is 6.92 Å². The van der Waals surface area contributed by atoms with Gasteiger partial charge in [0.25, 0.3) is 0 Å². The Kier molecular flexibility index (Phi) is 2.52. The van der Waals surface area contributed by atoms with Gasteiger partial charge in [0.15, 0.2) is 0 Å². The summed E-state index contributed by atoms with van der Waals surface area (Å²) in [6.45, 7) is 1.92. The Morgan fingerprint density at radius 2 is 2.27 bits per heavy atom. The van der Waals surface area contributed by atoms with E-state index in [9.17, 15) is 4.79 Å². The van der Waals surface area contributed by atoms with Gasteiger partial charge in [-0.05, 0) is 40.5 Å². The van der Waals surface area contributed by atoms with Gasteiger partial charge in [-0.25, -0.2) is 4.79 Å². The molecular weight excluding hydrogens is 260 g/mol. The SMILES string of the molecule is COC(=O)c1c(Br)c(C)cc2ccoc12. The molecule has 15 heavy (non-hydrogen) atoms. The molecule has 2 rings (SSSR count). The molecule has 0 aliphatic carbocycles. The van der Waals surface area contributed by atoms with Crippen molar-refractivity contribution in [2.75, 3.05) is 7.11 Å². The fraction of sp³-hybridized carbons (Fsp3) is 0.182. The summed E-state index contributed by atoms with van der Waals surface area (Å²) in [4.78, 5) is 11.6. The van der Waals surface area contributed by atoms with Gasteiger partial charge in [0.2, 0.25) is 0 Å². The number of hydrogen-bond acceptors (Lipinski definition) is 3. The Hall–Kier alpha value is -1.29. The summed E-state index contributed by atoms with van der Waals surface area (Å²) >= 11 is 3.37. The maximum Gasteiger partial charge on any atom is 0.342 e. The van der Waals surface area contributed by atoms with E-state index in [0.29, 0.717) is 11.1 Å². The third-order valence-electron chi connectivity index (χ3n) is 2.25. The van der Waals surface area contributed by atoms with E-state index >= 15 is 0 Å². The number of hydrogen-bond donors (Lipinski definition) is 0. The van der Waals surface area contributed by atoms with Gasteiger partial charge in [-0.15, -0.1) is 0 Å². The van der Waals surface area contributed by atoms with Crippen LogP contribution < -0.4 is 0 Å². The van der Waals surface area contributed by atoms with Crippen molar-refractivity contribution in [2.45, 2.75) is 6.92 Å². The molecule has 2 aromatic rings. The van der Waals surface area contributed by atoms with Crippen molar-refractivity contribution in [1.29, 1.82) is 0 Å². The van der Waals surface area contributed by atoms with E-state index in [1.54, 1.807) is 6.26 Å². The lowest BCUT2D eigenvalue weighted by molar-refractivity contribution is 0.0600. The molecule has 0 fully saturated rings. The van der Waals surface area contributed by atoms with Crippen LogP contribution in [0.4, 0.5) is 0 Å². The van der Waals surface area contributed by atoms with E-state index in [1.807, 2.05) is 19.1 Å². The number of benzene rings is 1. The summed E-state index contributed by atoms with van der Waals surface area (Å²) in [6, 6.07) is 3.77. The molecule has 0 bridgehead atoms. The Labute approximate surface area is 95.1 Å². The summed E-state index contributed by atoms with van der Waals surface area (Å²) < 4.78 is 10.7. The highest BCUT2D eigenvalue weighted by atomic mass is 79.9. The number of carbonyl (C=O) groups excluding carboxylic acids is 1. The Bertz CT molecular complexity index is 528. The molecule has 3 nitrogen and oxygen atoms in total. The zero-order valence-corrected chi connectivity index (χ0v) is 9.92. The molecule has 78 valence electrons. The van der Waals surface area contributed by atoms with Gasteiger partial charge in [0, 0.05) is 9.86 Å². The molecule has 0 unspecified atom stereocenters. The van der Waals surface area contributed by atoms with Gasteiger partial charge in [-0.1, -0.05) is 0 Å². The van der Waals surface area contributed by atoms with E-state index in [-0.39, 0.29) is 0 Å². The molecule has 0 saturated carbocycles. The first-order chi connectivity index (χ1) is 7.15. The third kappa shape index (κ3) is 1.55. The summed E-state index contributed by atoms with van der Waals surface area (Å²) in [6.07, 6.45) is 1.56. The minimum atomic E-state index is -0.398. The van der Waals surface area contributed by atoms with E-state index in [1.165, 1.54) is 7.11 Å². The van der Waals surface area contributed by atoms with Crippen LogP contribution in [0.5, 0.6) is 0 Å². The lowest BCUT2D eigenvalue weighted by Gasteiger charge is -2.05. The molecule has 0 N–H and O–H groups in total. The average molecular weight is 269 g/mol. The number of halogens is 1. The van der Waals surface area contributed by atoms with E-state index in [2.05, 4.69) is 15.9 Å². The number of aryl methyl sites for hydroxylation is 1. The molecule has 0 aliphatic heterocycles. The zero-order valence-electron chi connectivity index (χ0n) is 8.33. The summed E-state index contributed by atoms with van der Waals surface area (Å²) in [5.41, 5.74) is 1.97. The topological polar surface area (TPSA) is 39.4 Å². The molecule has 0 atom stereocenters. The maximum atomic E-state index is 11.6. The normalized spacial score (nSPS) is 10.6. The summed E-state index contributed by atoms with van der Waals surface area (Å²) in [5, 5.41) is 0.899. The summed E-state index contributed by atoms with van der Waals surface area (Å²) in [5.74, 6) is -0.398. The van der Waals surface area contributed by atoms with Crippen LogP contribution in [0.25, 0.3) is 11.0 Å². The summed E-state index contributed by atoms with van der Waals surface area (Å²) in [7, 11) is 1.35. The van der Waals surface area contributed by atoms with E-state index in [4.69, 9.17) is 9.15 Å². The molecule has 0 radical (unpaired) electrons.